The maximum Gasteiger partial charge on any atom is 0.242 e. The van der Waals surface area contributed by atoms with Gasteiger partial charge in [-0.2, -0.15) is 0 Å². The van der Waals surface area contributed by atoms with Gasteiger partial charge >= 0.3 is 0 Å². The van der Waals surface area contributed by atoms with Gasteiger partial charge in [-0.25, -0.2) is 0 Å². The molecule has 0 saturated carbocycles. The minimum absolute atomic E-state index is 0.224. The van der Waals surface area contributed by atoms with Gasteiger partial charge in [-0.1, -0.05) is 11.6 Å². The van der Waals surface area contributed by atoms with Crippen LogP contribution in [0.4, 0.5) is 0 Å². The van der Waals surface area contributed by atoms with Gasteiger partial charge in [0.25, 0.3) is 0 Å². The Hall–Kier alpha value is -2.68. The molecule has 3 amide bonds. The third kappa shape index (κ3) is 5.91. The Balaban J connectivity index is 1.75. The zero-order chi connectivity index (χ0) is 20.7. The van der Waals surface area contributed by atoms with Crippen molar-refractivity contribution in [2.24, 2.45) is 5.73 Å². The molecule has 0 aromatic heterocycles. The molecule has 2 rings (SSSR count). The normalized spacial score (nSPS) is 21.2. The van der Waals surface area contributed by atoms with Crippen LogP contribution in [-0.2, 0) is 19.2 Å². The van der Waals surface area contributed by atoms with Crippen LogP contribution in [0.5, 0.6) is 0 Å². The number of hydrogen-bond acceptors (Lipinski definition) is 6. The van der Waals surface area contributed by atoms with Crippen molar-refractivity contribution >= 4 is 24.0 Å². The quantitative estimate of drug-likeness (QED) is 0.417. The van der Waals surface area contributed by atoms with Gasteiger partial charge in [-0.15, -0.1) is 0 Å². The Morgan fingerprint density at radius 1 is 1.32 bits per heavy atom. The number of hydrogen-bond donors (Lipinski definition) is 4. The summed E-state index contributed by atoms with van der Waals surface area (Å²) in [7, 11) is 0. The largest absolute Gasteiger partial charge is 0.512 e. The third-order valence-electron chi connectivity index (χ3n) is 4.98. The predicted octanol–water partition coefficient (Wildman–Crippen LogP) is -0.323. The van der Waals surface area contributed by atoms with Crippen molar-refractivity contribution in [3.05, 3.63) is 23.5 Å². The van der Waals surface area contributed by atoms with E-state index in [1.165, 1.54) is 11.8 Å². The molecule has 1 saturated heterocycles. The lowest BCUT2D eigenvalue weighted by atomic mass is 9.97. The molecule has 0 aromatic carbocycles. The first kappa shape index (κ1) is 21.6. The predicted molar refractivity (Wildman–Crippen MR) is 102 cm³/mol. The van der Waals surface area contributed by atoms with Gasteiger partial charge in [0.05, 0.1) is 24.4 Å². The molecule has 2 aliphatic rings. The van der Waals surface area contributed by atoms with E-state index in [0.29, 0.717) is 38.0 Å². The molecule has 1 fully saturated rings. The Morgan fingerprint density at radius 2 is 2.07 bits per heavy atom. The van der Waals surface area contributed by atoms with Crippen molar-refractivity contribution < 1.29 is 24.3 Å². The number of allylic oxidation sites excluding steroid dienone is 3. The molecule has 0 bridgehead atoms. The molecule has 9 nitrogen and oxygen atoms in total. The molecule has 0 unspecified atom stereocenters. The molecule has 1 heterocycles. The van der Waals surface area contributed by atoms with Crippen molar-refractivity contribution in [3.8, 4) is 0 Å². The molecule has 154 valence electrons. The minimum atomic E-state index is -0.851. The Morgan fingerprint density at radius 3 is 2.71 bits per heavy atom. The second-order valence-electron chi connectivity index (χ2n) is 7.17. The van der Waals surface area contributed by atoms with Crippen LogP contribution in [-0.4, -0.2) is 65.2 Å². The molecular formula is C19H28N4O5. The van der Waals surface area contributed by atoms with Crippen LogP contribution in [0.1, 0.15) is 39.0 Å². The molecule has 1 aliphatic heterocycles. The number of aldehydes is 1. The smallest absolute Gasteiger partial charge is 0.242 e. The van der Waals surface area contributed by atoms with Gasteiger partial charge in [-0.3, -0.25) is 14.4 Å². The number of amides is 3. The molecule has 0 aromatic rings. The highest BCUT2D eigenvalue weighted by atomic mass is 16.3. The summed E-state index contributed by atoms with van der Waals surface area (Å²) in [5.74, 6) is -0.983. The molecule has 0 radical (unpaired) electrons. The maximum atomic E-state index is 12.2. The molecule has 3 atom stereocenters. The van der Waals surface area contributed by atoms with Gasteiger partial charge in [0.2, 0.25) is 17.7 Å². The highest BCUT2D eigenvalue weighted by molar-refractivity contribution is 5.92. The maximum absolute atomic E-state index is 12.2. The number of nitrogens with zero attached hydrogens (tertiary/aromatic N) is 1. The number of aliphatic hydroxyl groups is 1. The first-order valence-electron chi connectivity index (χ1n) is 9.47. The van der Waals surface area contributed by atoms with Gasteiger partial charge in [0.1, 0.15) is 12.3 Å². The lowest BCUT2D eigenvalue weighted by Crippen LogP contribution is -2.52. The number of aliphatic hydroxyl groups excluding tert-OH is 1. The van der Waals surface area contributed by atoms with Crippen molar-refractivity contribution in [2.45, 2.75) is 57.2 Å². The number of likely N-dealkylation sites (tertiary alicyclic amines) is 1. The molecule has 5 N–H and O–H groups in total. The van der Waals surface area contributed by atoms with Crippen LogP contribution in [0.15, 0.2) is 23.5 Å². The van der Waals surface area contributed by atoms with E-state index in [2.05, 4.69) is 10.6 Å². The highest BCUT2D eigenvalue weighted by Crippen LogP contribution is 2.20. The Bertz CT molecular complexity index is 688. The summed E-state index contributed by atoms with van der Waals surface area (Å²) >= 11 is 0. The summed E-state index contributed by atoms with van der Waals surface area (Å²) in [6, 6.07) is -2.09. The van der Waals surface area contributed by atoms with Crippen LogP contribution in [0, 0.1) is 0 Å². The van der Waals surface area contributed by atoms with E-state index in [-0.39, 0.29) is 12.5 Å². The number of carbonyl (C=O) groups is 4. The number of carbonyl (C=O) groups excluding carboxylic acids is 4. The fraction of sp³-hybridized carbons (Fsp3) is 0.579. The highest BCUT2D eigenvalue weighted by Gasteiger charge is 2.28. The monoisotopic (exact) mass is 392 g/mol. The lowest BCUT2D eigenvalue weighted by molar-refractivity contribution is -0.136. The van der Waals surface area contributed by atoms with Crippen molar-refractivity contribution in [1.82, 2.24) is 15.5 Å². The third-order valence-corrected chi connectivity index (χ3v) is 4.98. The van der Waals surface area contributed by atoms with Crippen molar-refractivity contribution in [3.63, 3.8) is 0 Å². The summed E-state index contributed by atoms with van der Waals surface area (Å²) in [5, 5.41) is 14.4. The van der Waals surface area contributed by atoms with Crippen LogP contribution in [0.25, 0.3) is 0 Å². The summed E-state index contributed by atoms with van der Waals surface area (Å²) < 4.78 is 0. The van der Waals surface area contributed by atoms with Gasteiger partial charge in [-0.05, 0) is 38.7 Å². The first-order chi connectivity index (χ1) is 13.3. The number of nitrogens with two attached hydrogens (primary N) is 1. The van der Waals surface area contributed by atoms with Crippen molar-refractivity contribution in [1.29, 1.82) is 0 Å². The SMILES string of the molecule is C[C@H](NC(=O)[C@@H](N)CC1=CC=C(O)CC1)C(=O)NCC(=O)N1CCC[C@H]1C=O. The van der Waals surface area contributed by atoms with E-state index in [0.717, 1.165) is 18.3 Å². The fourth-order valence-corrected chi connectivity index (χ4v) is 3.26. The second kappa shape index (κ2) is 10.0. The second-order valence-corrected chi connectivity index (χ2v) is 7.17. The van der Waals surface area contributed by atoms with Gasteiger partial charge in [0, 0.05) is 13.0 Å². The van der Waals surface area contributed by atoms with Gasteiger partial charge in [0.15, 0.2) is 0 Å². The first-order valence-corrected chi connectivity index (χ1v) is 9.47. The zero-order valence-corrected chi connectivity index (χ0v) is 16.0. The van der Waals surface area contributed by atoms with E-state index in [1.54, 1.807) is 12.2 Å². The zero-order valence-electron chi connectivity index (χ0n) is 16.0. The summed E-state index contributed by atoms with van der Waals surface area (Å²) in [6.45, 7) is 1.79. The number of rotatable bonds is 8. The minimum Gasteiger partial charge on any atom is -0.512 e. The van der Waals surface area contributed by atoms with Crippen molar-refractivity contribution in [2.75, 3.05) is 13.1 Å². The van der Waals surface area contributed by atoms with E-state index in [4.69, 9.17) is 5.73 Å². The molecule has 28 heavy (non-hydrogen) atoms. The average molecular weight is 392 g/mol. The average Bonchev–Trinajstić information content (AvgIpc) is 3.16. The summed E-state index contributed by atoms with van der Waals surface area (Å²) in [4.78, 5) is 48.9. The molecule has 9 heteroatoms. The van der Waals surface area contributed by atoms with Crippen LogP contribution >= 0.6 is 0 Å². The topological polar surface area (TPSA) is 142 Å². The van der Waals surface area contributed by atoms with Crippen LogP contribution in [0.2, 0.25) is 0 Å². The molecular weight excluding hydrogens is 364 g/mol. The van der Waals surface area contributed by atoms with Crippen LogP contribution < -0.4 is 16.4 Å². The van der Waals surface area contributed by atoms with E-state index in [9.17, 15) is 24.3 Å². The standard InChI is InChI=1S/C19H28N4O5/c1-12(18(27)21-10-17(26)23-8-2-3-14(23)11-24)22-19(28)16(20)9-13-4-6-15(25)7-5-13/h4,6,11-12,14,16,25H,2-3,5,7-10,20H2,1H3,(H,21,27)(H,22,28)/t12-,14-,16-/m0/s1. The fourth-order valence-electron chi connectivity index (χ4n) is 3.26. The molecule has 0 spiro atoms. The van der Waals surface area contributed by atoms with Gasteiger partial charge < -0.3 is 31.2 Å². The van der Waals surface area contributed by atoms with E-state index >= 15 is 0 Å². The lowest BCUT2D eigenvalue weighted by Gasteiger charge is -2.22. The summed E-state index contributed by atoms with van der Waals surface area (Å²) in [6.07, 6.45) is 6.98. The van der Waals surface area contributed by atoms with Crippen LogP contribution in [0.3, 0.4) is 0 Å². The number of nitrogens with one attached hydrogen (secondary N) is 2. The Kier molecular flexibility index (Phi) is 7.74. The van der Waals surface area contributed by atoms with E-state index < -0.39 is 29.9 Å². The summed E-state index contributed by atoms with van der Waals surface area (Å²) in [5.41, 5.74) is 6.86. The molecule has 1 aliphatic carbocycles. The Labute approximate surface area is 164 Å². The van der Waals surface area contributed by atoms with E-state index in [1.807, 2.05) is 0 Å².